The molecule has 2 amide bonds. The molecule has 0 unspecified atom stereocenters. The molecule has 3 aromatic rings. The van der Waals surface area contributed by atoms with E-state index in [0.717, 1.165) is 54.7 Å². The maximum atomic E-state index is 12.8. The largest absolute Gasteiger partial charge is 0.356 e. The van der Waals surface area contributed by atoms with Gasteiger partial charge in [0.2, 0.25) is 0 Å². The average Bonchev–Trinajstić information content (AvgIpc) is 2.84. The number of anilines is 3. The molecule has 1 aromatic heterocycles. The molecule has 3 heterocycles. The summed E-state index contributed by atoms with van der Waals surface area (Å²) in [6.45, 7) is 6.96. The third-order valence-electron chi connectivity index (χ3n) is 6.38. The molecule has 2 aromatic carbocycles. The van der Waals surface area contributed by atoms with E-state index in [1.54, 1.807) is 0 Å². The summed E-state index contributed by atoms with van der Waals surface area (Å²) in [5, 5.41) is 5.35. The van der Waals surface area contributed by atoms with Gasteiger partial charge in [-0.05, 0) is 49.1 Å². The van der Waals surface area contributed by atoms with Crippen molar-refractivity contribution in [2.24, 2.45) is 0 Å². The zero-order valence-electron chi connectivity index (χ0n) is 18.6. The molecule has 0 saturated carbocycles. The van der Waals surface area contributed by atoms with Gasteiger partial charge in [0.15, 0.2) is 0 Å². The Hall–Kier alpha value is -3.35. The molecule has 32 heavy (non-hydrogen) atoms. The first-order valence-corrected chi connectivity index (χ1v) is 11.6. The van der Waals surface area contributed by atoms with Gasteiger partial charge in [0.05, 0.1) is 0 Å². The van der Waals surface area contributed by atoms with E-state index in [0.29, 0.717) is 13.1 Å². The van der Waals surface area contributed by atoms with Crippen LogP contribution in [0.3, 0.4) is 0 Å². The number of rotatable bonds is 3. The molecule has 0 aliphatic carbocycles. The molecule has 7 heteroatoms. The summed E-state index contributed by atoms with van der Waals surface area (Å²) in [6.07, 6.45) is 3.75. The first kappa shape index (κ1) is 20.5. The minimum atomic E-state index is -0.0483. The van der Waals surface area contributed by atoms with E-state index in [9.17, 15) is 4.79 Å². The Morgan fingerprint density at radius 2 is 1.44 bits per heavy atom. The molecule has 0 atom stereocenters. The van der Waals surface area contributed by atoms with Crippen molar-refractivity contribution in [2.75, 3.05) is 54.4 Å². The smallest absolute Gasteiger partial charge is 0.321 e. The van der Waals surface area contributed by atoms with E-state index < -0.39 is 0 Å². The van der Waals surface area contributed by atoms with Gasteiger partial charge in [-0.2, -0.15) is 0 Å². The molecule has 5 rings (SSSR count). The number of aryl methyl sites for hydroxylation is 1. The Morgan fingerprint density at radius 1 is 0.781 bits per heavy atom. The van der Waals surface area contributed by atoms with Crippen LogP contribution < -0.4 is 15.1 Å². The number of piperidine rings is 1. The minimum absolute atomic E-state index is 0.0483. The van der Waals surface area contributed by atoms with Crippen molar-refractivity contribution in [1.29, 1.82) is 0 Å². The number of piperazine rings is 1. The molecule has 2 aliphatic rings. The topological polar surface area (TPSA) is 64.6 Å². The van der Waals surface area contributed by atoms with Gasteiger partial charge in [-0.1, -0.05) is 30.3 Å². The molecular formula is C25H30N6O. The molecular weight excluding hydrogens is 400 g/mol. The molecule has 2 saturated heterocycles. The fourth-order valence-electron chi connectivity index (χ4n) is 4.59. The first-order chi connectivity index (χ1) is 15.7. The lowest BCUT2D eigenvalue weighted by molar-refractivity contribution is 0.208. The number of benzene rings is 2. The van der Waals surface area contributed by atoms with Gasteiger partial charge >= 0.3 is 6.03 Å². The number of hydrogen-bond acceptors (Lipinski definition) is 5. The van der Waals surface area contributed by atoms with Crippen molar-refractivity contribution >= 4 is 34.1 Å². The highest BCUT2D eigenvalue weighted by molar-refractivity contribution is 5.93. The Kier molecular flexibility index (Phi) is 5.79. The highest BCUT2D eigenvalue weighted by atomic mass is 16.2. The summed E-state index contributed by atoms with van der Waals surface area (Å²) in [6, 6.07) is 16.3. The van der Waals surface area contributed by atoms with E-state index in [4.69, 9.17) is 0 Å². The number of carbonyl (C=O) groups is 1. The predicted molar refractivity (Wildman–Crippen MR) is 130 cm³/mol. The molecule has 0 radical (unpaired) electrons. The minimum Gasteiger partial charge on any atom is -0.356 e. The summed E-state index contributed by atoms with van der Waals surface area (Å²) in [5.74, 6) is 2.80. The number of carbonyl (C=O) groups excluding carboxylic acids is 1. The van der Waals surface area contributed by atoms with Crippen LogP contribution in [-0.2, 0) is 0 Å². The number of aromatic nitrogens is 2. The number of hydrogen-bond donors (Lipinski definition) is 1. The Balaban J connectivity index is 1.21. The molecule has 1 N–H and O–H groups in total. The van der Waals surface area contributed by atoms with Gasteiger partial charge in [0, 0.05) is 51.0 Å². The van der Waals surface area contributed by atoms with Crippen LogP contribution in [0.2, 0.25) is 0 Å². The lowest BCUT2D eigenvalue weighted by atomic mass is 10.1. The van der Waals surface area contributed by atoms with Crippen molar-refractivity contribution < 1.29 is 4.79 Å². The van der Waals surface area contributed by atoms with Crippen molar-refractivity contribution in [2.45, 2.75) is 26.2 Å². The van der Waals surface area contributed by atoms with Gasteiger partial charge in [0.25, 0.3) is 0 Å². The summed E-state index contributed by atoms with van der Waals surface area (Å²) >= 11 is 0. The number of nitrogens with zero attached hydrogens (tertiary/aromatic N) is 5. The zero-order chi connectivity index (χ0) is 21.9. The number of amides is 2. The standard InChI is InChI=1S/C25H30N6O/c1-19-26-23(29-11-5-2-6-12-29)18-24(27-19)30-13-15-31(16-14-30)25(32)28-22-10-9-20-7-3-4-8-21(20)17-22/h3-4,7-10,17-18H,2,5-6,11-16H2,1H3,(H,28,32). The number of fused-ring (bicyclic) bond motifs is 1. The lowest BCUT2D eigenvalue weighted by Crippen LogP contribution is -2.50. The first-order valence-electron chi connectivity index (χ1n) is 11.6. The fourth-order valence-corrected chi connectivity index (χ4v) is 4.59. The maximum Gasteiger partial charge on any atom is 0.321 e. The number of nitrogens with one attached hydrogen (secondary N) is 1. The molecule has 2 aliphatic heterocycles. The second kappa shape index (κ2) is 9.02. The van der Waals surface area contributed by atoms with Crippen LogP contribution in [-0.4, -0.2) is 60.2 Å². The van der Waals surface area contributed by atoms with Crippen LogP contribution >= 0.6 is 0 Å². The maximum absolute atomic E-state index is 12.8. The number of urea groups is 1. The van der Waals surface area contributed by atoms with Gasteiger partial charge in [0.1, 0.15) is 17.5 Å². The van der Waals surface area contributed by atoms with Crippen LogP contribution in [0, 0.1) is 6.92 Å². The van der Waals surface area contributed by atoms with Gasteiger partial charge < -0.3 is 20.0 Å². The van der Waals surface area contributed by atoms with Crippen LogP contribution in [0.4, 0.5) is 22.1 Å². The van der Waals surface area contributed by atoms with Crippen molar-refractivity contribution in [3.63, 3.8) is 0 Å². The quantitative estimate of drug-likeness (QED) is 0.672. The van der Waals surface area contributed by atoms with Crippen LogP contribution in [0.5, 0.6) is 0 Å². The molecule has 2 fully saturated rings. The van der Waals surface area contributed by atoms with Crippen molar-refractivity contribution in [3.8, 4) is 0 Å². The van der Waals surface area contributed by atoms with E-state index in [1.165, 1.54) is 24.6 Å². The summed E-state index contributed by atoms with van der Waals surface area (Å²) in [7, 11) is 0. The SMILES string of the molecule is Cc1nc(N2CCCCC2)cc(N2CCN(C(=O)Nc3ccc4ccccc4c3)CC2)n1. The highest BCUT2D eigenvalue weighted by Crippen LogP contribution is 2.24. The van der Waals surface area contributed by atoms with E-state index in [1.807, 2.05) is 42.2 Å². The van der Waals surface area contributed by atoms with Crippen molar-refractivity contribution in [3.05, 3.63) is 54.4 Å². The van der Waals surface area contributed by atoms with Crippen molar-refractivity contribution in [1.82, 2.24) is 14.9 Å². The third-order valence-corrected chi connectivity index (χ3v) is 6.38. The average molecular weight is 431 g/mol. The van der Waals surface area contributed by atoms with Crippen LogP contribution in [0.1, 0.15) is 25.1 Å². The van der Waals surface area contributed by atoms with E-state index in [2.05, 4.69) is 43.3 Å². The van der Waals surface area contributed by atoms with Gasteiger partial charge in [-0.25, -0.2) is 14.8 Å². The predicted octanol–water partition coefficient (Wildman–Crippen LogP) is 4.28. The Morgan fingerprint density at radius 3 is 2.16 bits per heavy atom. The van der Waals surface area contributed by atoms with E-state index >= 15 is 0 Å². The van der Waals surface area contributed by atoms with E-state index in [-0.39, 0.29) is 6.03 Å². The van der Waals surface area contributed by atoms with Crippen LogP contribution in [0.15, 0.2) is 48.5 Å². The van der Waals surface area contributed by atoms with Gasteiger partial charge in [-0.15, -0.1) is 0 Å². The Labute approximate surface area is 189 Å². The molecule has 0 spiro atoms. The monoisotopic (exact) mass is 430 g/mol. The zero-order valence-corrected chi connectivity index (χ0v) is 18.6. The molecule has 0 bridgehead atoms. The molecule has 166 valence electrons. The Bertz CT molecular complexity index is 1100. The lowest BCUT2D eigenvalue weighted by Gasteiger charge is -2.36. The van der Waals surface area contributed by atoms with Crippen LogP contribution in [0.25, 0.3) is 10.8 Å². The third kappa shape index (κ3) is 4.47. The van der Waals surface area contributed by atoms with Gasteiger partial charge in [-0.3, -0.25) is 0 Å². The highest BCUT2D eigenvalue weighted by Gasteiger charge is 2.23. The normalized spacial score (nSPS) is 17.0. The second-order valence-electron chi connectivity index (χ2n) is 8.65. The summed E-state index contributed by atoms with van der Waals surface area (Å²) in [5.41, 5.74) is 0.828. The second-order valence-corrected chi connectivity index (χ2v) is 8.65. The fraction of sp³-hybridized carbons (Fsp3) is 0.400. The summed E-state index contributed by atoms with van der Waals surface area (Å²) < 4.78 is 0. The summed E-state index contributed by atoms with van der Waals surface area (Å²) in [4.78, 5) is 28.7. The molecule has 7 nitrogen and oxygen atoms in total.